The Kier molecular flexibility index (Phi) is 6.66. The van der Waals surface area contributed by atoms with Gasteiger partial charge in [0.1, 0.15) is 5.57 Å². The lowest BCUT2D eigenvalue weighted by molar-refractivity contribution is -0.122. The van der Waals surface area contributed by atoms with E-state index in [1.807, 2.05) is 55.7 Å². The summed E-state index contributed by atoms with van der Waals surface area (Å²) in [6.07, 6.45) is 1.59. The summed E-state index contributed by atoms with van der Waals surface area (Å²) in [7, 11) is 0. The molecular weight excluding hydrogens is 462 g/mol. The van der Waals surface area contributed by atoms with E-state index in [-0.39, 0.29) is 16.7 Å². The Hall–Kier alpha value is -4.04. The first-order valence-electron chi connectivity index (χ1n) is 11.2. The molecule has 8 heteroatoms. The highest BCUT2D eigenvalue weighted by Crippen LogP contribution is 2.26. The SMILES string of the molecule is CCOC(=O)c1ccc(-n2c(C)cc(/C=C3\C(=O)NC(=S)N(c4ccc(C)cc4)C3=O)c2C)cc1. The Morgan fingerprint density at radius 1 is 1.00 bits per heavy atom. The van der Waals surface area contributed by atoms with Crippen LogP contribution in [0.2, 0.25) is 0 Å². The number of nitrogens with one attached hydrogen (secondary N) is 1. The molecule has 0 bridgehead atoms. The number of ether oxygens (including phenoxy) is 1. The van der Waals surface area contributed by atoms with E-state index >= 15 is 0 Å². The van der Waals surface area contributed by atoms with Crippen LogP contribution in [0.4, 0.5) is 5.69 Å². The minimum atomic E-state index is -0.535. The summed E-state index contributed by atoms with van der Waals surface area (Å²) in [5, 5.41) is 2.67. The van der Waals surface area contributed by atoms with Crippen molar-refractivity contribution in [1.29, 1.82) is 0 Å². The number of rotatable bonds is 5. The van der Waals surface area contributed by atoms with Crippen molar-refractivity contribution >= 4 is 46.9 Å². The smallest absolute Gasteiger partial charge is 0.338 e. The first-order chi connectivity index (χ1) is 16.7. The van der Waals surface area contributed by atoms with E-state index in [1.54, 1.807) is 37.3 Å². The first-order valence-corrected chi connectivity index (χ1v) is 11.6. The Morgan fingerprint density at radius 2 is 1.63 bits per heavy atom. The molecule has 1 aliphatic rings. The fourth-order valence-corrected chi connectivity index (χ4v) is 4.31. The Morgan fingerprint density at radius 3 is 2.26 bits per heavy atom. The zero-order chi connectivity index (χ0) is 25.3. The van der Waals surface area contributed by atoms with Gasteiger partial charge in [-0.15, -0.1) is 0 Å². The number of carbonyl (C=O) groups is 3. The van der Waals surface area contributed by atoms with Crippen LogP contribution >= 0.6 is 12.2 Å². The lowest BCUT2D eigenvalue weighted by Crippen LogP contribution is -2.54. The molecule has 4 rings (SSSR count). The Labute approximate surface area is 209 Å². The third-order valence-corrected chi connectivity index (χ3v) is 6.09. The Balaban J connectivity index is 1.69. The largest absolute Gasteiger partial charge is 0.462 e. The number of amides is 2. The minimum Gasteiger partial charge on any atom is -0.462 e. The molecule has 2 amide bonds. The maximum absolute atomic E-state index is 13.3. The zero-order valence-electron chi connectivity index (χ0n) is 19.9. The lowest BCUT2D eigenvalue weighted by Gasteiger charge is -2.29. The fraction of sp³-hybridized carbons (Fsp3) is 0.185. The number of benzene rings is 2. The quantitative estimate of drug-likeness (QED) is 0.250. The molecular formula is C27H25N3O4S. The molecule has 2 heterocycles. The summed E-state index contributed by atoms with van der Waals surface area (Å²) >= 11 is 5.28. The van der Waals surface area contributed by atoms with Gasteiger partial charge in [0.05, 0.1) is 17.9 Å². The molecule has 1 aliphatic heterocycles. The van der Waals surface area contributed by atoms with Gasteiger partial charge in [-0.25, -0.2) is 4.79 Å². The van der Waals surface area contributed by atoms with E-state index in [2.05, 4.69) is 5.32 Å². The number of esters is 1. The molecule has 1 fully saturated rings. The third-order valence-electron chi connectivity index (χ3n) is 5.80. The van der Waals surface area contributed by atoms with Gasteiger partial charge in [-0.3, -0.25) is 19.8 Å². The predicted molar refractivity (Wildman–Crippen MR) is 139 cm³/mol. The summed E-state index contributed by atoms with van der Waals surface area (Å²) in [6, 6.07) is 16.3. The van der Waals surface area contributed by atoms with Crippen molar-refractivity contribution in [2.24, 2.45) is 0 Å². The van der Waals surface area contributed by atoms with Crippen LogP contribution in [0.5, 0.6) is 0 Å². The standard InChI is InChI=1S/C27H25N3O4S/c1-5-34-26(33)19-8-12-21(13-9-19)29-17(3)14-20(18(29)4)15-23-24(31)28-27(35)30(25(23)32)22-10-6-16(2)7-11-22/h6-15H,5H2,1-4H3,(H,28,31,35)/b23-15+. The van der Waals surface area contributed by atoms with Crippen LogP contribution in [0, 0.1) is 20.8 Å². The molecule has 7 nitrogen and oxygen atoms in total. The van der Waals surface area contributed by atoms with Gasteiger partial charge < -0.3 is 9.30 Å². The second-order valence-electron chi connectivity index (χ2n) is 8.22. The third kappa shape index (κ3) is 4.65. The molecule has 0 spiro atoms. The number of aryl methyl sites for hydroxylation is 2. The molecule has 178 valence electrons. The summed E-state index contributed by atoms with van der Waals surface area (Å²) in [5.41, 5.74) is 5.43. The highest BCUT2D eigenvalue weighted by Gasteiger charge is 2.34. The van der Waals surface area contributed by atoms with Gasteiger partial charge in [-0.1, -0.05) is 17.7 Å². The van der Waals surface area contributed by atoms with Gasteiger partial charge in [0, 0.05) is 17.1 Å². The van der Waals surface area contributed by atoms with Crippen LogP contribution < -0.4 is 10.2 Å². The molecule has 0 unspecified atom stereocenters. The van der Waals surface area contributed by atoms with E-state index in [9.17, 15) is 14.4 Å². The second kappa shape index (κ2) is 9.68. The fourth-order valence-electron chi connectivity index (χ4n) is 4.03. The van der Waals surface area contributed by atoms with Gasteiger partial charge in [0.15, 0.2) is 5.11 Å². The monoisotopic (exact) mass is 487 g/mol. The van der Waals surface area contributed by atoms with Crippen LogP contribution in [0.1, 0.15) is 39.8 Å². The summed E-state index contributed by atoms with van der Waals surface area (Å²) in [4.78, 5) is 39.3. The van der Waals surface area contributed by atoms with Gasteiger partial charge >= 0.3 is 5.97 Å². The van der Waals surface area contributed by atoms with Crippen LogP contribution in [-0.2, 0) is 14.3 Å². The molecule has 2 aromatic carbocycles. The van der Waals surface area contributed by atoms with Crippen molar-refractivity contribution in [3.8, 4) is 5.69 Å². The molecule has 0 saturated carbocycles. The number of nitrogens with zero attached hydrogens (tertiary/aromatic N) is 2. The number of aromatic nitrogens is 1. The van der Waals surface area contributed by atoms with Crippen LogP contribution in [0.25, 0.3) is 11.8 Å². The van der Waals surface area contributed by atoms with Gasteiger partial charge in [-0.05, 0) is 94.0 Å². The summed E-state index contributed by atoms with van der Waals surface area (Å²) in [5.74, 6) is -1.39. The van der Waals surface area contributed by atoms with Crippen LogP contribution in [0.15, 0.2) is 60.2 Å². The van der Waals surface area contributed by atoms with Crippen molar-refractivity contribution in [3.05, 3.63) is 88.2 Å². The molecule has 1 saturated heterocycles. The number of hydrogen-bond acceptors (Lipinski definition) is 5. The van der Waals surface area contributed by atoms with E-state index in [0.717, 1.165) is 28.2 Å². The van der Waals surface area contributed by atoms with E-state index in [0.29, 0.717) is 17.9 Å². The Bertz CT molecular complexity index is 1370. The maximum atomic E-state index is 13.3. The van der Waals surface area contributed by atoms with E-state index in [4.69, 9.17) is 17.0 Å². The highest BCUT2D eigenvalue weighted by atomic mass is 32.1. The molecule has 0 aliphatic carbocycles. The van der Waals surface area contributed by atoms with Crippen LogP contribution in [-0.4, -0.2) is 34.1 Å². The van der Waals surface area contributed by atoms with Crippen LogP contribution in [0.3, 0.4) is 0 Å². The lowest BCUT2D eigenvalue weighted by atomic mass is 10.1. The van der Waals surface area contributed by atoms with Crippen molar-refractivity contribution < 1.29 is 19.1 Å². The topological polar surface area (TPSA) is 80.6 Å². The van der Waals surface area contributed by atoms with Gasteiger partial charge in [0.25, 0.3) is 11.8 Å². The van der Waals surface area contributed by atoms with Gasteiger partial charge in [-0.2, -0.15) is 0 Å². The molecule has 0 radical (unpaired) electrons. The molecule has 3 aromatic rings. The number of carbonyl (C=O) groups excluding carboxylic acids is 3. The molecule has 35 heavy (non-hydrogen) atoms. The molecule has 1 aromatic heterocycles. The predicted octanol–water partition coefficient (Wildman–Crippen LogP) is 4.41. The van der Waals surface area contributed by atoms with E-state index < -0.39 is 11.8 Å². The average molecular weight is 488 g/mol. The number of hydrogen-bond donors (Lipinski definition) is 1. The second-order valence-corrected chi connectivity index (χ2v) is 8.61. The maximum Gasteiger partial charge on any atom is 0.338 e. The highest BCUT2D eigenvalue weighted by molar-refractivity contribution is 7.80. The summed E-state index contributed by atoms with van der Waals surface area (Å²) in [6.45, 7) is 7.87. The average Bonchev–Trinajstić information content (AvgIpc) is 3.10. The molecule has 1 N–H and O–H groups in total. The summed E-state index contributed by atoms with van der Waals surface area (Å²) < 4.78 is 7.04. The van der Waals surface area contributed by atoms with E-state index in [1.165, 1.54) is 4.90 Å². The zero-order valence-corrected chi connectivity index (χ0v) is 20.7. The van der Waals surface area contributed by atoms with Crippen molar-refractivity contribution in [2.75, 3.05) is 11.5 Å². The first kappa shape index (κ1) is 24.1. The normalized spacial score (nSPS) is 14.9. The van der Waals surface area contributed by atoms with Crippen molar-refractivity contribution in [3.63, 3.8) is 0 Å². The van der Waals surface area contributed by atoms with Crippen molar-refractivity contribution in [1.82, 2.24) is 9.88 Å². The van der Waals surface area contributed by atoms with Crippen molar-refractivity contribution in [2.45, 2.75) is 27.7 Å². The minimum absolute atomic E-state index is 0.00270. The molecule has 0 atom stereocenters. The number of anilines is 1. The number of thiocarbonyl (C=S) groups is 1. The van der Waals surface area contributed by atoms with Gasteiger partial charge in [0.2, 0.25) is 0 Å².